The highest BCUT2D eigenvalue weighted by atomic mass is 35.5. The van der Waals surface area contributed by atoms with Gasteiger partial charge in [-0.2, -0.15) is 4.98 Å². The summed E-state index contributed by atoms with van der Waals surface area (Å²) in [7, 11) is 2.96. The third-order valence-corrected chi connectivity index (χ3v) is 7.60. The van der Waals surface area contributed by atoms with E-state index in [4.69, 9.17) is 16.6 Å². The second-order valence-electron chi connectivity index (χ2n) is 11.4. The van der Waals surface area contributed by atoms with Crippen LogP contribution in [-0.4, -0.2) is 55.7 Å². The van der Waals surface area contributed by atoms with Gasteiger partial charge in [0.1, 0.15) is 5.82 Å². The van der Waals surface area contributed by atoms with E-state index in [-0.39, 0.29) is 40.1 Å². The average molecular weight is 561 g/mol. The number of rotatable bonds is 8. The Balaban J connectivity index is 1.80. The first-order valence-corrected chi connectivity index (χ1v) is 13.9. The smallest absolute Gasteiger partial charge is 0.332 e. The van der Waals surface area contributed by atoms with Crippen molar-refractivity contribution >= 4 is 34.6 Å². The number of aryl methyl sites for hydroxylation is 1. The Bertz CT molecular complexity index is 1460. The Labute approximate surface area is 232 Å². The van der Waals surface area contributed by atoms with Crippen LogP contribution in [0.5, 0.6) is 0 Å². The van der Waals surface area contributed by atoms with Gasteiger partial charge in [-0.05, 0) is 36.8 Å². The summed E-state index contributed by atoms with van der Waals surface area (Å²) in [5.41, 5.74) is -0.412. The SMILES string of the molecule is CC(C)CN(CC(C)C)C(=O)C1CCCN(c2nc3c(c(=O)n(C)c(=O)n3C)n2Cc2c(F)cccc2Cl)C1. The van der Waals surface area contributed by atoms with Crippen molar-refractivity contribution in [3.63, 3.8) is 0 Å². The van der Waals surface area contributed by atoms with Crippen LogP contribution in [-0.2, 0) is 25.4 Å². The normalized spacial score (nSPS) is 16.1. The first kappa shape index (κ1) is 28.9. The lowest BCUT2D eigenvalue weighted by Gasteiger charge is -2.36. The van der Waals surface area contributed by atoms with Crippen LogP contribution < -0.4 is 16.1 Å². The molecule has 1 aliphatic rings. The molecular weight excluding hydrogens is 523 g/mol. The van der Waals surface area contributed by atoms with Crippen LogP contribution in [0.1, 0.15) is 46.1 Å². The monoisotopic (exact) mass is 560 g/mol. The Kier molecular flexibility index (Phi) is 8.54. The molecule has 39 heavy (non-hydrogen) atoms. The number of hydrogen-bond donors (Lipinski definition) is 0. The number of carbonyl (C=O) groups is 1. The molecule has 212 valence electrons. The molecule has 0 spiro atoms. The quantitative estimate of drug-likeness (QED) is 0.420. The first-order chi connectivity index (χ1) is 18.4. The molecule has 0 bridgehead atoms. The number of nitrogens with zero attached hydrogens (tertiary/aromatic N) is 6. The van der Waals surface area contributed by atoms with E-state index in [1.807, 2.05) is 9.80 Å². The fraction of sp³-hybridized carbons (Fsp3) is 0.571. The van der Waals surface area contributed by atoms with Crippen molar-refractivity contribution in [2.45, 2.75) is 47.1 Å². The average Bonchev–Trinajstić information content (AvgIpc) is 3.26. The maximum absolute atomic E-state index is 14.9. The molecule has 2 aromatic heterocycles. The molecule has 1 saturated heterocycles. The lowest BCUT2D eigenvalue weighted by atomic mass is 9.95. The van der Waals surface area contributed by atoms with E-state index in [2.05, 4.69) is 27.7 Å². The van der Waals surface area contributed by atoms with Crippen molar-refractivity contribution in [2.24, 2.45) is 31.8 Å². The summed E-state index contributed by atoms with van der Waals surface area (Å²) in [6, 6.07) is 4.44. The molecule has 0 saturated carbocycles. The van der Waals surface area contributed by atoms with Gasteiger partial charge in [0.25, 0.3) is 5.56 Å². The molecule has 11 heteroatoms. The van der Waals surface area contributed by atoms with Crippen molar-refractivity contribution in [1.29, 1.82) is 0 Å². The van der Waals surface area contributed by atoms with Crippen LogP contribution in [0.4, 0.5) is 10.3 Å². The summed E-state index contributed by atoms with van der Waals surface area (Å²) < 4.78 is 18.9. The predicted molar refractivity (Wildman–Crippen MR) is 152 cm³/mol. The van der Waals surface area contributed by atoms with E-state index in [0.717, 1.165) is 17.4 Å². The fourth-order valence-corrected chi connectivity index (χ4v) is 5.65. The second kappa shape index (κ2) is 11.5. The maximum atomic E-state index is 14.9. The van der Waals surface area contributed by atoms with Gasteiger partial charge in [0.05, 0.1) is 12.5 Å². The first-order valence-electron chi connectivity index (χ1n) is 13.5. The van der Waals surface area contributed by atoms with Crippen LogP contribution in [0.3, 0.4) is 0 Å². The highest BCUT2D eigenvalue weighted by Crippen LogP contribution is 2.29. The number of carbonyl (C=O) groups excluding carboxylic acids is 1. The van der Waals surface area contributed by atoms with Gasteiger partial charge >= 0.3 is 5.69 Å². The molecule has 1 unspecified atom stereocenters. The summed E-state index contributed by atoms with van der Waals surface area (Å²) in [5, 5.41) is 0.231. The van der Waals surface area contributed by atoms with Crippen molar-refractivity contribution in [3.05, 3.63) is 55.4 Å². The third kappa shape index (κ3) is 5.76. The zero-order valence-electron chi connectivity index (χ0n) is 23.6. The molecule has 1 atom stereocenters. The van der Waals surface area contributed by atoms with E-state index < -0.39 is 17.1 Å². The minimum atomic E-state index is -0.524. The second-order valence-corrected chi connectivity index (χ2v) is 11.8. The Morgan fingerprint density at radius 3 is 2.41 bits per heavy atom. The van der Waals surface area contributed by atoms with Gasteiger partial charge in [0, 0.05) is 50.9 Å². The number of hydrogen-bond acceptors (Lipinski definition) is 5. The molecule has 3 heterocycles. The topological polar surface area (TPSA) is 85.4 Å². The van der Waals surface area contributed by atoms with E-state index in [1.54, 1.807) is 17.7 Å². The van der Waals surface area contributed by atoms with Gasteiger partial charge in [-0.3, -0.25) is 23.3 Å². The number of benzene rings is 1. The van der Waals surface area contributed by atoms with Crippen molar-refractivity contribution in [1.82, 2.24) is 23.6 Å². The summed E-state index contributed by atoms with van der Waals surface area (Å²) in [4.78, 5) is 48.4. The molecule has 9 nitrogen and oxygen atoms in total. The molecule has 1 aromatic carbocycles. The van der Waals surface area contributed by atoms with Gasteiger partial charge < -0.3 is 9.80 Å². The van der Waals surface area contributed by atoms with Gasteiger partial charge in [-0.15, -0.1) is 0 Å². The number of amides is 1. The van der Waals surface area contributed by atoms with E-state index in [0.29, 0.717) is 44.0 Å². The van der Waals surface area contributed by atoms with Gasteiger partial charge in [0.15, 0.2) is 11.2 Å². The molecule has 1 aliphatic heterocycles. The molecule has 4 rings (SSSR count). The molecule has 1 fully saturated rings. The van der Waals surface area contributed by atoms with E-state index >= 15 is 0 Å². The summed E-state index contributed by atoms with van der Waals surface area (Å²) in [5.74, 6) is 0.485. The number of aromatic nitrogens is 4. The standard InChI is InChI=1S/C28H38ClFN6O3/c1-17(2)13-35(14-18(3)4)25(37)19-9-8-12-34(15-19)27-31-24-23(26(38)33(6)28(39)32(24)5)36(27)16-20-21(29)10-7-11-22(20)30/h7,10-11,17-19H,8-9,12-16H2,1-6H3. The Hall–Kier alpha value is -3.14. The largest absolute Gasteiger partial charge is 0.342 e. The van der Waals surface area contributed by atoms with Crippen molar-refractivity contribution in [3.8, 4) is 0 Å². The number of imidazole rings is 1. The van der Waals surface area contributed by atoms with Crippen molar-refractivity contribution < 1.29 is 9.18 Å². The molecule has 3 aromatic rings. The minimum absolute atomic E-state index is 0.0489. The summed E-state index contributed by atoms with van der Waals surface area (Å²) >= 11 is 6.37. The van der Waals surface area contributed by atoms with E-state index in [9.17, 15) is 18.8 Å². The van der Waals surface area contributed by atoms with Gasteiger partial charge in [-0.25, -0.2) is 9.18 Å². The molecule has 1 amide bonds. The Morgan fingerprint density at radius 2 is 1.79 bits per heavy atom. The number of piperidine rings is 1. The van der Waals surface area contributed by atoms with Crippen LogP contribution in [0.25, 0.3) is 11.2 Å². The van der Waals surface area contributed by atoms with Crippen molar-refractivity contribution in [2.75, 3.05) is 31.1 Å². The highest BCUT2D eigenvalue weighted by Gasteiger charge is 2.33. The zero-order chi connectivity index (χ0) is 28.6. The summed E-state index contributed by atoms with van der Waals surface area (Å²) in [6.07, 6.45) is 1.51. The van der Waals surface area contributed by atoms with Crippen LogP contribution in [0, 0.1) is 23.6 Å². The van der Waals surface area contributed by atoms with Crippen LogP contribution in [0.15, 0.2) is 27.8 Å². The fourth-order valence-electron chi connectivity index (χ4n) is 5.42. The molecular formula is C28H38ClFN6O3. The third-order valence-electron chi connectivity index (χ3n) is 7.24. The van der Waals surface area contributed by atoms with Crippen LogP contribution >= 0.6 is 11.6 Å². The molecule has 0 radical (unpaired) electrons. The molecule has 0 aliphatic carbocycles. The van der Waals surface area contributed by atoms with Gasteiger partial charge in [0.2, 0.25) is 11.9 Å². The number of halogens is 2. The minimum Gasteiger partial charge on any atom is -0.342 e. The lowest BCUT2D eigenvalue weighted by Crippen LogP contribution is -2.47. The van der Waals surface area contributed by atoms with Crippen LogP contribution in [0.2, 0.25) is 5.02 Å². The molecule has 0 N–H and O–H groups in total. The van der Waals surface area contributed by atoms with Gasteiger partial charge in [-0.1, -0.05) is 45.4 Å². The number of anilines is 1. The summed E-state index contributed by atoms with van der Waals surface area (Å²) in [6.45, 7) is 10.8. The van der Waals surface area contributed by atoms with E-state index in [1.165, 1.54) is 23.7 Å². The Morgan fingerprint density at radius 1 is 1.13 bits per heavy atom. The highest BCUT2D eigenvalue weighted by molar-refractivity contribution is 6.31. The lowest BCUT2D eigenvalue weighted by molar-refractivity contribution is -0.136. The maximum Gasteiger partial charge on any atom is 0.332 e. The number of fused-ring (bicyclic) bond motifs is 1. The predicted octanol–water partition coefficient (Wildman–Crippen LogP) is 3.63. The zero-order valence-corrected chi connectivity index (χ0v) is 24.3.